The Balaban J connectivity index is 2.73. The molecule has 0 fully saturated rings. The predicted molar refractivity (Wildman–Crippen MR) is 67.2 cm³/mol. The minimum Gasteiger partial charge on any atom is -0.294 e. The summed E-state index contributed by atoms with van der Waals surface area (Å²) in [5, 5.41) is -0.217. The van der Waals surface area contributed by atoms with Crippen molar-refractivity contribution in [2.45, 2.75) is 13.8 Å². The van der Waals surface area contributed by atoms with E-state index in [1.54, 1.807) is 19.1 Å². The van der Waals surface area contributed by atoms with E-state index in [-0.39, 0.29) is 22.2 Å². The van der Waals surface area contributed by atoms with Crippen molar-refractivity contribution in [2.24, 2.45) is 0 Å². The van der Waals surface area contributed by atoms with Crippen LogP contribution in [0.5, 0.6) is 0 Å². The summed E-state index contributed by atoms with van der Waals surface area (Å²) in [6, 6.07) is 4.76. The lowest BCUT2D eigenvalue weighted by molar-refractivity contribution is 0.101. The molecule has 0 N–H and O–H groups in total. The number of rotatable bonds is 2. The SMILES string of the molecule is CC(=O)c1cccnc1-c1cc(C)nc(Cl)c1F. The van der Waals surface area contributed by atoms with Crippen molar-refractivity contribution in [2.75, 3.05) is 0 Å². The van der Waals surface area contributed by atoms with Crippen molar-refractivity contribution in [3.8, 4) is 11.3 Å². The fourth-order valence-corrected chi connectivity index (χ4v) is 1.93. The molecule has 0 atom stereocenters. The third kappa shape index (κ3) is 2.24. The first kappa shape index (κ1) is 12.6. The normalized spacial score (nSPS) is 10.4. The molecule has 0 radical (unpaired) electrons. The Hall–Kier alpha value is -1.81. The molecular weight excluding hydrogens is 255 g/mol. The van der Waals surface area contributed by atoms with E-state index < -0.39 is 5.82 Å². The topological polar surface area (TPSA) is 42.9 Å². The van der Waals surface area contributed by atoms with Gasteiger partial charge in [-0.2, -0.15) is 0 Å². The van der Waals surface area contributed by atoms with Gasteiger partial charge in [-0.1, -0.05) is 11.6 Å². The molecule has 92 valence electrons. The molecule has 2 rings (SSSR count). The van der Waals surface area contributed by atoms with Gasteiger partial charge in [0.15, 0.2) is 16.8 Å². The summed E-state index contributed by atoms with van der Waals surface area (Å²) in [5.41, 5.74) is 1.41. The number of carbonyl (C=O) groups excluding carboxylic acids is 1. The van der Waals surface area contributed by atoms with Gasteiger partial charge in [0, 0.05) is 23.0 Å². The second-order valence-electron chi connectivity index (χ2n) is 3.87. The van der Waals surface area contributed by atoms with Crippen molar-refractivity contribution in [1.82, 2.24) is 9.97 Å². The van der Waals surface area contributed by atoms with E-state index in [4.69, 9.17) is 11.6 Å². The first-order chi connectivity index (χ1) is 8.50. The quantitative estimate of drug-likeness (QED) is 0.616. The Morgan fingerprint density at radius 2 is 2.17 bits per heavy atom. The van der Waals surface area contributed by atoms with Crippen molar-refractivity contribution < 1.29 is 9.18 Å². The Morgan fingerprint density at radius 1 is 1.44 bits per heavy atom. The molecule has 0 spiro atoms. The zero-order chi connectivity index (χ0) is 13.3. The lowest BCUT2D eigenvalue weighted by Gasteiger charge is -2.08. The zero-order valence-electron chi connectivity index (χ0n) is 9.87. The van der Waals surface area contributed by atoms with Crippen LogP contribution in [0.2, 0.25) is 5.15 Å². The molecule has 18 heavy (non-hydrogen) atoms. The fourth-order valence-electron chi connectivity index (χ4n) is 1.70. The lowest BCUT2D eigenvalue weighted by atomic mass is 10.0. The molecule has 0 amide bonds. The summed E-state index contributed by atoms with van der Waals surface area (Å²) >= 11 is 5.70. The number of hydrogen-bond acceptors (Lipinski definition) is 3. The fraction of sp³-hybridized carbons (Fsp3) is 0.154. The second kappa shape index (κ2) is 4.82. The van der Waals surface area contributed by atoms with Crippen molar-refractivity contribution >= 4 is 17.4 Å². The average molecular weight is 265 g/mol. The van der Waals surface area contributed by atoms with Crippen LogP contribution in [0.25, 0.3) is 11.3 Å². The monoisotopic (exact) mass is 264 g/mol. The van der Waals surface area contributed by atoms with Gasteiger partial charge in [0.1, 0.15) is 0 Å². The summed E-state index contributed by atoms with van der Waals surface area (Å²) in [6.45, 7) is 3.11. The van der Waals surface area contributed by atoms with E-state index in [2.05, 4.69) is 9.97 Å². The van der Waals surface area contributed by atoms with Crippen LogP contribution in [0.1, 0.15) is 23.0 Å². The van der Waals surface area contributed by atoms with Gasteiger partial charge >= 0.3 is 0 Å². The van der Waals surface area contributed by atoms with Crippen LogP contribution in [-0.4, -0.2) is 15.8 Å². The second-order valence-corrected chi connectivity index (χ2v) is 4.23. The largest absolute Gasteiger partial charge is 0.294 e. The number of nitrogens with zero attached hydrogens (tertiary/aromatic N) is 2. The summed E-state index contributed by atoms with van der Waals surface area (Å²) in [6.07, 6.45) is 1.50. The standard InChI is InChI=1S/C13H10ClFN2O/c1-7-6-10(11(15)13(14)17-7)12-9(8(2)18)4-3-5-16-12/h3-6H,1-2H3. The molecule has 0 aromatic carbocycles. The van der Waals surface area contributed by atoms with E-state index >= 15 is 0 Å². The van der Waals surface area contributed by atoms with Gasteiger partial charge in [-0.3, -0.25) is 9.78 Å². The molecule has 2 aromatic heterocycles. The molecular formula is C13H10ClFN2O. The zero-order valence-corrected chi connectivity index (χ0v) is 10.6. The van der Waals surface area contributed by atoms with E-state index in [9.17, 15) is 9.18 Å². The highest BCUT2D eigenvalue weighted by Gasteiger charge is 2.17. The summed E-state index contributed by atoms with van der Waals surface area (Å²) in [7, 11) is 0. The van der Waals surface area contributed by atoms with E-state index in [1.807, 2.05) is 0 Å². The average Bonchev–Trinajstić information content (AvgIpc) is 2.33. The molecule has 3 nitrogen and oxygen atoms in total. The molecule has 2 aromatic rings. The predicted octanol–water partition coefficient (Wildman–Crippen LogP) is 3.45. The minimum absolute atomic E-state index is 0.178. The Kier molecular flexibility index (Phi) is 3.39. The number of aryl methyl sites for hydroxylation is 1. The van der Waals surface area contributed by atoms with E-state index in [1.165, 1.54) is 19.2 Å². The van der Waals surface area contributed by atoms with Gasteiger partial charge in [-0.25, -0.2) is 9.37 Å². The summed E-state index contributed by atoms with van der Waals surface area (Å²) < 4.78 is 14.0. The van der Waals surface area contributed by atoms with Crippen molar-refractivity contribution in [3.05, 3.63) is 46.6 Å². The van der Waals surface area contributed by atoms with Gasteiger partial charge in [-0.05, 0) is 32.0 Å². The van der Waals surface area contributed by atoms with Crippen LogP contribution in [0, 0.1) is 12.7 Å². The van der Waals surface area contributed by atoms with Crippen LogP contribution >= 0.6 is 11.6 Å². The number of halogens is 2. The van der Waals surface area contributed by atoms with Crippen LogP contribution in [0.4, 0.5) is 4.39 Å². The Labute approximate surface area is 109 Å². The molecule has 0 bridgehead atoms. The number of hydrogen-bond donors (Lipinski definition) is 0. The third-order valence-corrected chi connectivity index (χ3v) is 2.74. The highest BCUT2D eigenvalue weighted by atomic mass is 35.5. The number of carbonyl (C=O) groups is 1. The van der Waals surface area contributed by atoms with Gasteiger partial charge in [0.25, 0.3) is 0 Å². The molecule has 0 aliphatic rings. The highest BCUT2D eigenvalue weighted by Crippen LogP contribution is 2.28. The molecule has 0 aliphatic heterocycles. The maximum Gasteiger partial charge on any atom is 0.169 e. The van der Waals surface area contributed by atoms with Gasteiger partial charge in [-0.15, -0.1) is 0 Å². The molecule has 0 aliphatic carbocycles. The number of pyridine rings is 2. The van der Waals surface area contributed by atoms with Crippen LogP contribution < -0.4 is 0 Å². The summed E-state index contributed by atoms with van der Waals surface area (Å²) in [4.78, 5) is 19.4. The van der Waals surface area contributed by atoms with Crippen LogP contribution in [0.15, 0.2) is 24.4 Å². The third-order valence-electron chi connectivity index (χ3n) is 2.49. The molecule has 0 unspecified atom stereocenters. The molecule has 0 saturated heterocycles. The number of ketones is 1. The maximum absolute atomic E-state index is 14.0. The first-order valence-corrected chi connectivity index (χ1v) is 5.67. The Morgan fingerprint density at radius 3 is 2.83 bits per heavy atom. The Bertz CT molecular complexity index is 628. The molecule has 2 heterocycles. The minimum atomic E-state index is -0.663. The molecule has 5 heteroatoms. The van der Waals surface area contributed by atoms with Crippen LogP contribution in [-0.2, 0) is 0 Å². The lowest BCUT2D eigenvalue weighted by Crippen LogP contribution is -2.01. The van der Waals surface area contributed by atoms with Gasteiger partial charge < -0.3 is 0 Å². The number of Topliss-reactive ketones (excluding diaryl/α,β-unsaturated/α-hetero) is 1. The maximum atomic E-state index is 14.0. The van der Waals surface area contributed by atoms with Gasteiger partial charge in [0.2, 0.25) is 0 Å². The first-order valence-electron chi connectivity index (χ1n) is 5.29. The van der Waals surface area contributed by atoms with Gasteiger partial charge in [0.05, 0.1) is 5.69 Å². The van der Waals surface area contributed by atoms with Crippen LogP contribution in [0.3, 0.4) is 0 Å². The number of aromatic nitrogens is 2. The summed E-state index contributed by atoms with van der Waals surface area (Å²) in [5.74, 6) is -0.841. The smallest absolute Gasteiger partial charge is 0.169 e. The van der Waals surface area contributed by atoms with Crippen molar-refractivity contribution in [3.63, 3.8) is 0 Å². The van der Waals surface area contributed by atoms with E-state index in [0.717, 1.165) is 0 Å². The van der Waals surface area contributed by atoms with Crippen molar-refractivity contribution in [1.29, 1.82) is 0 Å². The van der Waals surface area contributed by atoms with E-state index in [0.29, 0.717) is 11.3 Å². The highest BCUT2D eigenvalue weighted by molar-refractivity contribution is 6.29. The molecule has 0 saturated carbocycles.